The standard InChI is InChI=1S/C11H19N3O2S/c1-15-6-8(16-2)5-13-11-9(7-3-4-7)10(12)14-17-11/h7-8,13H,3-6H2,1-2H3,(H2,12,14). The number of nitrogens with two attached hydrogens (primary N) is 1. The highest BCUT2D eigenvalue weighted by Crippen LogP contribution is 2.47. The van der Waals surface area contributed by atoms with Gasteiger partial charge in [-0.05, 0) is 30.3 Å². The van der Waals surface area contributed by atoms with Gasteiger partial charge in [0.25, 0.3) is 0 Å². The van der Waals surface area contributed by atoms with Crippen molar-refractivity contribution in [3.8, 4) is 0 Å². The third kappa shape index (κ3) is 3.08. The molecular weight excluding hydrogens is 238 g/mol. The van der Waals surface area contributed by atoms with Gasteiger partial charge in [0.05, 0.1) is 12.7 Å². The second-order valence-electron chi connectivity index (χ2n) is 4.28. The number of nitrogens with zero attached hydrogens (tertiary/aromatic N) is 1. The Morgan fingerprint density at radius 1 is 1.53 bits per heavy atom. The molecule has 1 unspecified atom stereocenters. The summed E-state index contributed by atoms with van der Waals surface area (Å²) in [6.07, 6.45) is 2.50. The Kier molecular flexibility index (Phi) is 4.20. The van der Waals surface area contributed by atoms with Gasteiger partial charge in [-0.2, -0.15) is 4.37 Å². The molecule has 0 aliphatic heterocycles. The molecule has 17 heavy (non-hydrogen) atoms. The normalized spacial score (nSPS) is 17.1. The fourth-order valence-corrected chi connectivity index (χ4v) is 2.61. The van der Waals surface area contributed by atoms with Crippen LogP contribution >= 0.6 is 11.5 Å². The zero-order valence-electron chi connectivity index (χ0n) is 10.2. The van der Waals surface area contributed by atoms with Crippen LogP contribution in [0.4, 0.5) is 10.8 Å². The summed E-state index contributed by atoms with van der Waals surface area (Å²) in [6, 6.07) is 0. The summed E-state index contributed by atoms with van der Waals surface area (Å²) >= 11 is 1.43. The Hall–Kier alpha value is -0.850. The number of anilines is 2. The quantitative estimate of drug-likeness (QED) is 0.777. The maximum Gasteiger partial charge on any atom is 0.142 e. The maximum absolute atomic E-state index is 5.88. The van der Waals surface area contributed by atoms with Crippen molar-refractivity contribution in [2.75, 3.05) is 38.4 Å². The van der Waals surface area contributed by atoms with E-state index in [9.17, 15) is 0 Å². The van der Waals surface area contributed by atoms with Crippen LogP contribution in [0.15, 0.2) is 0 Å². The fourth-order valence-electron chi connectivity index (χ4n) is 1.81. The number of hydrogen-bond acceptors (Lipinski definition) is 6. The molecule has 1 aromatic heterocycles. The maximum atomic E-state index is 5.88. The molecule has 5 nitrogen and oxygen atoms in total. The minimum Gasteiger partial charge on any atom is -0.383 e. The summed E-state index contributed by atoms with van der Waals surface area (Å²) in [5.41, 5.74) is 7.08. The van der Waals surface area contributed by atoms with E-state index in [1.54, 1.807) is 14.2 Å². The largest absolute Gasteiger partial charge is 0.383 e. The predicted molar refractivity (Wildman–Crippen MR) is 69.7 cm³/mol. The van der Waals surface area contributed by atoms with E-state index < -0.39 is 0 Å². The van der Waals surface area contributed by atoms with Gasteiger partial charge in [0.2, 0.25) is 0 Å². The van der Waals surface area contributed by atoms with Crippen LogP contribution in [0.1, 0.15) is 24.3 Å². The summed E-state index contributed by atoms with van der Waals surface area (Å²) in [7, 11) is 3.36. The van der Waals surface area contributed by atoms with Crippen LogP contribution in [-0.2, 0) is 9.47 Å². The van der Waals surface area contributed by atoms with Crippen LogP contribution in [0.5, 0.6) is 0 Å². The molecule has 1 atom stereocenters. The number of aromatic nitrogens is 1. The molecule has 1 saturated carbocycles. The first-order chi connectivity index (χ1) is 8.26. The van der Waals surface area contributed by atoms with Crippen LogP contribution in [-0.4, -0.2) is 37.8 Å². The average molecular weight is 257 g/mol. The van der Waals surface area contributed by atoms with Gasteiger partial charge in [-0.1, -0.05) is 0 Å². The van der Waals surface area contributed by atoms with E-state index in [1.165, 1.54) is 29.9 Å². The molecule has 1 aliphatic rings. The van der Waals surface area contributed by atoms with E-state index in [2.05, 4.69) is 9.69 Å². The lowest BCUT2D eigenvalue weighted by Gasteiger charge is -2.15. The van der Waals surface area contributed by atoms with E-state index in [-0.39, 0.29) is 6.10 Å². The third-order valence-electron chi connectivity index (χ3n) is 2.92. The molecule has 1 fully saturated rings. The molecule has 3 N–H and O–H groups in total. The molecular formula is C11H19N3O2S. The van der Waals surface area contributed by atoms with Gasteiger partial charge in [-0.15, -0.1) is 0 Å². The molecule has 96 valence electrons. The van der Waals surface area contributed by atoms with Crippen molar-refractivity contribution in [1.82, 2.24) is 4.37 Å². The van der Waals surface area contributed by atoms with Crippen molar-refractivity contribution in [2.24, 2.45) is 0 Å². The Morgan fingerprint density at radius 2 is 2.29 bits per heavy atom. The summed E-state index contributed by atoms with van der Waals surface area (Å²) in [6.45, 7) is 1.29. The molecule has 0 aromatic carbocycles. The van der Waals surface area contributed by atoms with Gasteiger partial charge < -0.3 is 20.5 Å². The molecule has 2 rings (SSSR count). The number of nitrogen functional groups attached to an aromatic ring is 1. The minimum atomic E-state index is 0.0513. The van der Waals surface area contributed by atoms with Crippen molar-refractivity contribution < 1.29 is 9.47 Å². The fraction of sp³-hybridized carbons (Fsp3) is 0.727. The topological polar surface area (TPSA) is 69.4 Å². The Bertz CT molecular complexity index is 366. The van der Waals surface area contributed by atoms with Crippen molar-refractivity contribution in [2.45, 2.75) is 24.9 Å². The Morgan fingerprint density at radius 3 is 2.88 bits per heavy atom. The molecule has 0 amide bonds. The average Bonchev–Trinajstić information content (AvgIpc) is 3.09. The number of rotatable bonds is 7. The number of hydrogen-bond donors (Lipinski definition) is 2. The predicted octanol–water partition coefficient (Wildman–Crippen LogP) is 1.68. The van der Waals surface area contributed by atoms with Crippen LogP contribution in [0, 0.1) is 0 Å². The highest BCUT2D eigenvalue weighted by Gasteiger charge is 2.30. The lowest BCUT2D eigenvalue weighted by atomic mass is 10.2. The van der Waals surface area contributed by atoms with Gasteiger partial charge >= 0.3 is 0 Å². The molecule has 0 spiro atoms. The monoisotopic (exact) mass is 257 g/mol. The summed E-state index contributed by atoms with van der Waals surface area (Å²) in [5.74, 6) is 1.29. The van der Waals surface area contributed by atoms with Gasteiger partial charge in [-0.3, -0.25) is 0 Å². The van der Waals surface area contributed by atoms with Crippen LogP contribution in [0.25, 0.3) is 0 Å². The van der Waals surface area contributed by atoms with Gasteiger partial charge in [-0.25, -0.2) is 0 Å². The molecule has 6 heteroatoms. The molecule has 1 aliphatic carbocycles. The van der Waals surface area contributed by atoms with Crippen LogP contribution in [0.2, 0.25) is 0 Å². The molecule has 0 saturated heterocycles. The molecule has 0 bridgehead atoms. The Balaban J connectivity index is 1.94. The highest BCUT2D eigenvalue weighted by molar-refractivity contribution is 7.10. The van der Waals surface area contributed by atoms with Crippen molar-refractivity contribution in [1.29, 1.82) is 0 Å². The van der Waals surface area contributed by atoms with Crippen molar-refractivity contribution >= 4 is 22.4 Å². The first kappa shape index (κ1) is 12.6. The molecule has 1 heterocycles. The first-order valence-electron chi connectivity index (χ1n) is 5.77. The Labute approximate surface area is 105 Å². The summed E-state index contributed by atoms with van der Waals surface area (Å²) in [5, 5.41) is 4.45. The van der Waals surface area contributed by atoms with E-state index in [0.717, 1.165) is 5.00 Å². The zero-order chi connectivity index (χ0) is 12.3. The smallest absolute Gasteiger partial charge is 0.142 e. The van der Waals surface area contributed by atoms with E-state index in [0.29, 0.717) is 24.9 Å². The second-order valence-corrected chi connectivity index (χ2v) is 5.05. The lowest BCUT2D eigenvalue weighted by molar-refractivity contribution is 0.0366. The molecule has 0 radical (unpaired) electrons. The van der Waals surface area contributed by atoms with Gasteiger partial charge in [0.15, 0.2) is 0 Å². The van der Waals surface area contributed by atoms with E-state index >= 15 is 0 Å². The van der Waals surface area contributed by atoms with Gasteiger partial charge in [0.1, 0.15) is 10.8 Å². The number of nitrogens with one attached hydrogen (secondary N) is 1. The minimum absolute atomic E-state index is 0.0513. The van der Waals surface area contributed by atoms with Gasteiger partial charge in [0, 0.05) is 26.3 Å². The van der Waals surface area contributed by atoms with Crippen LogP contribution < -0.4 is 11.1 Å². The first-order valence-corrected chi connectivity index (χ1v) is 6.54. The number of methoxy groups -OCH3 is 2. The SMILES string of the molecule is COCC(CNc1snc(N)c1C1CC1)OC. The van der Waals surface area contributed by atoms with Crippen molar-refractivity contribution in [3.05, 3.63) is 5.56 Å². The third-order valence-corrected chi connectivity index (χ3v) is 3.75. The zero-order valence-corrected chi connectivity index (χ0v) is 11.0. The van der Waals surface area contributed by atoms with E-state index in [1.807, 2.05) is 0 Å². The number of ether oxygens (including phenoxy) is 2. The summed E-state index contributed by atoms with van der Waals surface area (Å²) < 4.78 is 14.6. The van der Waals surface area contributed by atoms with Crippen LogP contribution in [0.3, 0.4) is 0 Å². The molecule has 1 aromatic rings. The lowest BCUT2D eigenvalue weighted by Crippen LogP contribution is -2.26. The summed E-state index contributed by atoms with van der Waals surface area (Å²) in [4.78, 5) is 0. The highest BCUT2D eigenvalue weighted by atomic mass is 32.1. The second kappa shape index (κ2) is 5.66. The van der Waals surface area contributed by atoms with Crippen molar-refractivity contribution in [3.63, 3.8) is 0 Å². The van der Waals surface area contributed by atoms with E-state index in [4.69, 9.17) is 15.2 Å².